The predicted octanol–water partition coefficient (Wildman–Crippen LogP) is -0.519. The number of ether oxygens (including phenoxy) is 2. The van der Waals surface area contributed by atoms with E-state index in [9.17, 15) is 14.4 Å². The lowest BCUT2D eigenvalue weighted by Crippen LogP contribution is -2.46. The summed E-state index contributed by atoms with van der Waals surface area (Å²) < 4.78 is 12.0. The van der Waals surface area contributed by atoms with Crippen LogP contribution < -0.4 is 10.2 Å². The molecule has 100 valence electrons. The second-order valence-corrected chi connectivity index (χ2v) is 4.39. The minimum atomic E-state index is -0.560. The third-order valence-corrected chi connectivity index (χ3v) is 3.40. The second kappa shape index (κ2) is 4.20. The molecule has 1 aromatic rings. The van der Waals surface area contributed by atoms with E-state index in [4.69, 9.17) is 9.47 Å². The minimum absolute atomic E-state index is 0.0279. The first kappa shape index (κ1) is 11.9. The summed E-state index contributed by atoms with van der Waals surface area (Å²) in [5.74, 6) is -0.389. The molecule has 7 nitrogen and oxygen atoms in total. The third-order valence-electron chi connectivity index (χ3n) is 3.40. The molecule has 7 heteroatoms. The smallest absolute Gasteiger partial charge is 0.276 e. The van der Waals surface area contributed by atoms with E-state index >= 15 is 0 Å². The molecule has 1 fully saturated rings. The fourth-order valence-electron chi connectivity index (χ4n) is 2.51. The van der Waals surface area contributed by atoms with Crippen molar-refractivity contribution in [2.45, 2.75) is 12.8 Å². The molecule has 1 atom stereocenters. The highest BCUT2D eigenvalue weighted by molar-refractivity contribution is 5.97. The topological polar surface area (TPSA) is 77.8 Å². The Bertz CT molecular complexity index is 621. The van der Waals surface area contributed by atoms with E-state index in [-0.39, 0.29) is 29.1 Å². The van der Waals surface area contributed by atoms with Gasteiger partial charge in [-0.1, -0.05) is 0 Å². The molecule has 0 spiro atoms. The Hall–Kier alpha value is -2.15. The van der Waals surface area contributed by atoms with Crippen LogP contribution in [0.5, 0.6) is 5.75 Å². The van der Waals surface area contributed by atoms with Crippen molar-refractivity contribution in [3.05, 3.63) is 27.7 Å². The summed E-state index contributed by atoms with van der Waals surface area (Å²) in [4.78, 5) is 36.8. The van der Waals surface area contributed by atoms with Gasteiger partial charge in [0.25, 0.3) is 5.91 Å². The number of fused-ring (bicyclic) bond motifs is 2. The largest absolute Gasteiger partial charge is 0.491 e. The van der Waals surface area contributed by atoms with Crippen LogP contribution >= 0.6 is 0 Å². The number of hydrogen-bond donors (Lipinski definition) is 0. The van der Waals surface area contributed by atoms with Crippen molar-refractivity contribution in [3.63, 3.8) is 0 Å². The van der Waals surface area contributed by atoms with Crippen LogP contribution in [0.2, 0.25) is 0 Å². The monoisotopic (exact) mass is 264 g/mol. The summed E-state index contributed by atoms with van der Waals surface area (Å²) in [6.45, 7) is 1.35. The Morgan fingerprint density at radius 2 is 2.26 bits per heavy atom. The number of pyridine rings is 1. The highest BCUT2D eigenvalue weighted by atomic mass is 16.5. The van der Waals surface area contributed by atoms with Crippen LogP contribution in [0.25, 0.3) is 0 Å². The summed E-state index contributed by atoms with van der Waals surface area (Å²) in [6.07, 6.45) is 1.50. The van der Waals surface area contributed by atoms with E-state index in [2.05, 4.69) is 0 Å². The number of carbonyl (C=O) groups excluding carboxylic acids is 2. The van der Waals surface area contributed by atoms with E-state index in [0.717, 1.165) is 0 Å². The summed E-state index contributed by atoms with van der Waals surface area (Å²) >= 11 is 0. The van der Waals surface area contributed by atoms with Gasteiger partial charge in [-0.05, 0) is 0 Å². The number of hydrogen-bond acceptors (Lipinski definition) is 5. The molecule has 2 aliphatic heterocycles. The van der Waals surface area contributed by atoms with Crippen LogP contribution in [0.4, 0.5) is 0 Å². The molecule has 1 amide bonds. The van der Waals surface area contributed by atoms with Crippen molar-refractivity contribution >= 4 is 12.2 Å². The Kier molecular flexibility index (Phi) is 2.63. The van der Waals surface area contributed by atoms with Gasteiger partial charge in [0.2, 0.25) is 5.43 Å². The lowest BCUT2D eigenvalue weighted by molar-refractivity contribution is 0.00845. The molecule has 1 saturated heterocycles. The summed E-state index contributed by atoms with van der Waals surface area (Å²) in [7, 11) is 1.31. The Morgan fingerprint density at radius 3 is 2.95 bits per heavy atom. The van der Waals surface area contributed by atoms with Gasteiger partial charge >= 0.3 is 0 Å². The van der Waals surface area contributed by atoms with Crippen LogP contribution in [0, 0.1) is 0 Å². The molecular weight excluding hydrogens is 252 g/mol. The van der Waals surface area contributed by atoms with Crippen LogP contribution in [-0.4, -0.2) is 48.1 Å². The van der Waals surface area contributed by atoms with Crippen molar-refractivity contribution in [1.82, 2.24) is 9.47 Å². The molecule has 0 bridgehead atoms. The lowest BCUT2D eigenvalue weighted by Gasteiger charge is -2.31. The second-order valence-electron chi connectivity index (χ2n) is 4.39. The molecule has 0 saturated carbocycles. The quantitative estimate of drug-likeness (QED) is 0.672. The molecule has 3 rings (SSSR count). The lowest BCUT2D eigenvalue weighted by atomic mass is 10.1. The van der Waals surface area contributed by atoms with Crippen LogP contribution in [0.1, 0.15) is 20.8 Å². The van der Waals surface area contributed by atoms with E-state index in [1.54, 1.807) is 9.47 Å². The van der Waals surface area contributed by atoms with Gasteiger partial charge < -0.3 is 18.9 Å². The number of nitrogens with zero attached hydrogens (tertiary/aromatic N) is 2. The van der Waals surface area contributed by atoms with Crippen molar-refractivity contribution in [1.29, 1.82) is 0 Å². The standard InChI is InChI=1S/C12H12N2O5/c1-18-11-9-12(17)14-2-3-19-8(14)5-13(9)4-7(6-15)10(11)16/h4,6,8H,2-3,5H2,1H3. The number of aldehydes is 1. The van der Waals surface area contributed by atoms with Crippen molar-refractivity contribution in [2.75, 3.05) is 20.3 Å². The van der Waals surface area contributed by atoms with E-state index < -0.39 is 5.43 Å². The summed E-state index contributed by atoms with van der Waals surface area (Å²) in [6, 6.07) is 0. The van der Waals surface area contributed by atoms with Crippen molar-refractivity contribution < 1.29 is 19.1 Å². The number of aromatic nitrogens is 1. The zero-order valence-electron chi connectivity index (χ0n) is 10.3. The SMILES string of the molecule is COc1c2n(cc(C=O)c1=O)CC1OCCN1C2=O. The fourth-order valence-corrected chi connectivity index (χ4v) is 2.51. The zero-order valence-corrected chi connectivity index (χ0v) is 10.3. The normalized spacial score (nSPS) is 21.0. The maximum Gasteiger partial charge on any atom is 0.276 e. The van der Waals surface area contributed by atoms with E-state index in [1.165, 1.54) is 13.3 Å². The summed E-state index contributed by atoms with van der Waals surface area (Å²) in [5, 5.41) is 0. The van der Waals surface area contributed by atoms with Gasteiger partial charge in [-0.25, -0.2) is 0 Å². The van der Waals surface area contributed by atoms with E-state index in [1.807, 2.05) is 0 Å². The molecule has 0 aromatic carbocycles. The number of methoxy groups -OCH3 is 1. The van der Waals surface area contributed by atoms with Crippen LogP contribution in [0.3, 0.4) is 0 Å². The van der Waals surface area contributed by atoms with Gasteiger partial charge in [-0.2, -0.15) is 0 Å². The average molecular weight is 264 g/mol. The number of amides is 1. The van der Waals surface area contributed by atoms with Crippen LogP contribution in [-0.2, 0) is 11.3 Å². The molecule has 1 unspecified atom stereocenters. The third kappa shape index (κ3) is 1.58. The molecule has 1 aromatic heterocycles. The van der Waals surface area contributed by atoms with Gasteiger partial charge in [-0.15, -0.1) is 0 Å². The van der Waals surface area contributed by atoms with Crippen molar-refractivity contribution in [3.8, 4) is 5.75 Å². The highest BCUT2D eigenvalue weighted by Gasteiger charge is 2.39. The van der Waals surface area contributed by atoms with Gasteiger partial charge in [0.1, 0.15) is 0 Å². The molecule has 3 heterocycles. The van der Waals surface area contributed by atoms with Gasteiger partial charge in [0, 0.05) is 12.7 Å². The Balaban J connectivity index is 2.24. The average Bonchev–Trinajstić information content (AvgIpc) is 2.87. The molecular formula is C12H12N2O5. The molecule has 0 N–H and O–H groups in total. The maximum atomic E-state index is 12.3. The van der Waals surface area contributed by atoms with Crippen LogP contribution in [0.15, 0.2) is 11.0 Å². The molecule has 2 aliphatic rings. The first-order valence-electron chi connectivity index (χ1n) is 5.86. The predicted molar refractivity (Wildman–Crippen MR) is 63.4 cm³/mol. The molecule has 19 heavy (non-hydrogen) atoms. The zero-order chi connectivity index (χ0) is 13.6. The summed E-state index contributed by atoms with van der Waals surface area (Å²) in [5.41, 5.74) is -0.407. The maximum absolute atomic E-state index is 12.3. The van der Waals surface area contributed by atoms with Crippen molar-refractivity contribution in [2.24, 2.45) is 0 Å². The number of rotatable bonds is 2. The Morgan fingerprint density at radius 1 is 1.47 bits per heavy atom. The highest BCUT2D eigenvalue weighted by Crippen LogP contribution is 2.26. The molecule has 0 aliphatic carbocycles. The number of carbonyl (C=O) groups is 2. The van der Waals surface area contributed by atoms with Gasteiger partial charge in [0.05, 0.1) is 25.8 Å². The van der Waals surface area contributed by atoms with Gasteiger partial charge in [0.15, 0.2) is 24.0 Å². The first-order chi connectivity index (χ1) is 9.17. The minimum Gasteiger partial charge on any atom is -0.491 e. The molecule has 0 radical (unpaired) electrons. The Labute approximate surface area is 108 Å². The fraction of sp³-hybridized carbons (Fsp3) is 0.417. The van der Waals surface area contributed by atoms with E-state index in [0.29, 0.717) is 26.0 Å². The van der Waals surface area contributed by atoms with Gasteiger partial charge in [-0.3, -0.25) is 14.4 Å². The first-order valence-corrected chi connectivity index (χ1v) is 5.86.